The number of rotatable bonds is 2. The van der Waals surface area contributed by atoms with Crippen molar-refractivity contribution in [2.45, 2.75) is 6.17 Å². The van der Waals surface area contributed by atoms with Crippen molar-refractivity contribution in [1.82, 2.24) is 0 Å². The third-order valence-corrected chi connectivity index (χ3v) is 2.72. The molecule has 0 bridgehead atoms. The lowest BCUT2D eigenvalue weighted by atomic mass is 10.3. The summed E-state index contributed by atoms with van der Waals surface area (Å²) in [6, 6.07) is 3.07. The first-order chi connectivity index (χ1) is 5.11. The van der Waals surface area contributed by atoms with E-state index in [2.05, 4.69) is 15.9 Å². The van der Waals surface area contributed by atoms with Gasteiger partial charge in [0.05, 0.1) is 8.66 Å². The molecule has 0 saturated heterocycles. The van der Waals surface area contributed by atoms with Gasteiger partial charge in [-0.15, -0.1) is 11.3 Å². The molecule has 1 aromatic heterocycles. The molecule has 1 heterocycles. The summed E-state index contributed by atoms with van der Waals surface area (Å²) in [5.41, 5.74) is 0. The van der Waals surface area contributed by atoms with Crippen LogP contribution in [0.4, 0.5) is 4.39 Å². The zero-order chi connectivity index (χ0) is 8.43. The summed E-state index contributed by atoms with van der Waals surface area (Å²) in [6.45, 7) is 0. The molecule has 1 atom stereocenters. The summed E-state index contributed by atoms with van der Waals surface area (Å²) in [7, 11) is 0. The van der Waals surface area contributed by atoms with Crippen molar-refractivity contribution in [2.24, 2.45) is 0 Å². The summed E-state index contributed by atoms with van der Waals surface area (Å²) >= 11 is 4.19. The normalized spacial score (nSPS) is 12.9. The zero-order valence-corrected chi connectivity index (χ0v) is 7.65. The van der Waals surface area contributed by atoms with Crippen LogP contribution >= 0.6 is 27.3 Å². The summed E-state index contributed by atoms with van der Waals surface area (Å²) < 4.78 is 13.4. The first kappa shape index (κ1) is 8.67. The minimum Gasteiger partial charge on any atom is -0.479 e. The van der Waals surface area contributed by atoms with Crippen LogP contribution in [0.3, 0.4) is 0 Å². The molecule has 11 heavy (non-hydrogen) atoms. The fraction of sp³-hybridized carbons (Fsp3) is 0.167. The first-order valence-corrected chi connectivity index (χ1v) is 4.34. The van der Waals surface area contributed by atoms with E-state index >= 15 is 0 Å². The highest BCUT2D eigenvalue weighted by atomic mass is 79.9. The first-order valence-electron chi connectivity index (χ1n) is 2.73. The fourth-order valence-corrected chi connectivity index (χ4v) is 1.98. The molecule has 0 fully saturated rings. The van der Waals surface area contributed by atoms with E-state index in [0.717, 1.165) is 15.1 Å². The highest BCUT2D eigenvalue weighted by Crippen LogP contribution is 2.29. The average Bonchev–Trinajstić information content (AvgIpc) is 2.34. The number of carboxylic acids is 1. The van der Waals surface area contributed by atoms with Gasteiger partial charge in [-0.05, 0) is 28.1 Å². The van der Waals surface area contributed by atoms with Crippen molar-refractivity contribution >= 4 is 33.2 Å². The Kier molecular flexibility index (Phi) is 2.62. The van der Waals surface area contributed by atoms with Gasteiger partial charge in [-0.25, -0.2) is 9.18 Å². The molecular weight excluding hydrogens is 235 g/mol. The molecule has 0 radical (unpaired) electrons. The van der Waals surface area contributed by atoms with Gasteiger partial charge in [0.25, 0.3) is 0 Å². The van der Waals surface area contributed by atoms with Gasteiger partial charge in [0.2, 0.25) is 6.17 Å². The Balaban J connectivity index is 2.84. The van der Waals surface area contributed by atoms with Crippen LogP contribution in [0.25, 0.3) is 0 Å². The minimum absolute atomic E-state index is 0.212. The standard InChI is InChI=1S/C6H4BrFO2S/c7-4-2-1-3(11-4)5(8)6(9)10/h1-2,5H,(H,9,10). The molecule has 0 aliphatic rings. The van der Waals surface area contributed by atoms with Gasteiger partial charge in [-0.2, -0.15) is 0 Å². The van der Waals surface area contributed by atoms with Crippen LogP contribution in [0.2, 0.25) is 0 Å². The highest BCUT2D eigenvalue weighted by Gasteiger charge is 2.19. The van der Waals surface area contributed by atoms with E-state index < -0.39 is 12.1 Å². The molecule has 0 aromatic carbocycles. The number of carboxylic acid groups (broad SMARTS) is 1. The van der Waals surface area contributed by atoms with Crippen molar-refractivity contribution in [3.63, 3.8) is 0 Å². The molecule has 0 amide bonds. The SMILES string of the molecule is O=C(O)C(F)c1ccc(Br)s1. The smallest absolute Gasteiger partial charge is 0.343 e. The van der Waals surface area contributed by atoms with Crippen LogP contribution in [0.5, 0.6) is 0 Å². The molecule has 0 aliphatic carbocycles. The van der Waals surface area contributed by atoms with Crippen LogP contribution in [-0.2, 0) is 4.79 Å². The quantitative estimate of drug-likeness (QED) is 0.861. The number of halogens is 2. The maximum Gasteiger partial charge on any atom is 0.343 e. The molecule has 1 aromatic rings. The lowest BCUT2D eigenvalue weighted by molar-refractivity contribution is -0.142. The number of carbonyl (C=O) groups is 1. The van der Waals surface area contributed by atoms with Crippen molar-refractivity contribution in [3.05, 3.63) is 20.8 Å². The molecule has 5 heteroatoms. The van der Waals surface area contributed by atoms with Crippen molar-refractivity contribution in [3.8, 4) is 0 Å². The van der Waals surface area contributed by atoms with E-state index in [1.165, 1.54) is 6.07 Å². The Morgan fingerprint density at radius 1 is 1.73 bits per heavy atom. The van der Waals surface area contributed by atoms with Crippen LogP contribution < -0.4 is 0 Å². The number of hydrogen-bond acceptors (Lipinski definition) is 2. The van der Waals surface area contributed by atoms with Crippen LogP contribution in [-0.4, -0.2) is 11.1 Å². The van der Waals surface area contributed by atoms with Crippen molar-refractivity contribution in [2.75, 3.05) is 0 Å². The summed E-state index contributed by atoms with van der Waals surface area (Å²) in [6.07, 6.45) is -1.90. The summed E-state index contributed by atoms with van der Waals surface area (Å²) in [5, 5.41) is 8.26. The maximum atomic E-state index is 12.7. The van der Waals surface area contributed by atoms with Crippen LogP contribution in [0, 0.1) is 0 Å². The molecule has 2 nitrogen and oxygen atoms in total. The fourth-order valence-electron chi connectivity index (χ4n) is 0.586. The molecule has 0 aliphatic heterocycles. The lowest BCUT2D eigenvalue weighted by Crippen LogP contribution is -2.03. The van der Waals surface area contributed by atoms with E-state index in [1.807, 2.05) is 0 Å². The predicted molar refractivity (Wildman–Crippen MR) is 43.5 cm³/mol. The Morgan fingerprint density at radius 2 is 2.36 bits per heavy atom. The second-order valence-corrected chi connectivity index (χ2v) is 4.34. The van der Waals surface area contributed by atoms with Crippen molar-refractivity contribution in [1.29, 1.82) is 0 Å². The molecule has 0 saturated carbocycles. The molecule has 0 spiro atoms. The van der Waals surface area contributed by atoms with E-state index in [4.69, 9.17) is 5.11 Å². The minimum atomic E-state index is -1.90. The third kappa shape index (κ3) is 2.00. The maximum absolute atomic E-state index is 12.7. The largest absolute Gasteiger partial charge is 0.479 e. The van der Waals surface area contributed by atoms with Gasteiger partial charge < -0.3 is 5.11 Å². The molecule has 1 N–H and O–H groups in total. The summed E-state index contributed by atoms with van der Waals surface area (Å²) in [4.78, 5) is 10.3. The Morgan fingerprint density at radius 3 is 2.73 bits per heavy atom. The lowest BCUT2D eigenvalue weighted by Gasteiger charge is -1.95. The Bertz CT molecular complexity index is 273. The monoisotopic (exact) mass is 238 g/mol. The van der Waals surface area contributed by atoms with Gasteiger partial charge in [0.15, 0.2) is 0 Å². The number of thiophene rings is 1. The second kappa shape index (κ2) is 3.32. The van der Waals surface area contributed by atoms with Crippen LogP contribution in [0.15, 0.2) is 15.9 Å². The van der Waals surface area contributed by atoms with Crippen LogP contribution in [0.1, 0.15) is 11.0 Å². The molecule has 1 rings (SSSR count). The van der Waals surface area contributed by atoms with Gasteiger partial charge in [-0.3, -0.25) is 0 Å². The molecule has 60 valence electrons. The number of alkyl halides is 1. The van der Waals surface area contributed by atoms with Gasteiger partial charge in [0.1, 0.15) is 0 Å². The van der Waals surface area contributed by atoms with Gasteiger partial charge in [0, 0.05) is 0 Å². The van der Waals surface area contributed by atoms with Gasteiger partial charge >= 0.3 is 5.97 Å². The predicted octanol–water partition coefficient (Wildman–Crippen LogP) is 2.61. The van der Waals surface area contributed by atoms with E-state index in [-0.39, 0.29) is 4.88 Å². The molecule has 1 unspecified atom stereocenters. The summed E-state index contributed by atoms with van der Waals surface area (Å²) in [5.74, 6) is -1.45. The number of aliphatic carboxylic acids is 1. The van der Waals surface area contributed by atoms with Crippen molar-refractivity contribution < 1.29 is 14.3 Å². The van der Waals surface area contributed by atoms with Gasteiger partial charge in [-0.1, -0.05) is 0 Å². The molecular formula is C6H4BrFO2S. The third-order valence-electron chi connectivity index (χ3n) is 1.06. The van der Waals surface area contributed by atoms with E-state index in [0.29, 0.717) is 0 Å². The second-order valence-electron chi connectivity index (χ2n) is 1.84. The van der Waals surface area contributed by atoms with E-state index in [1.54, 1.807) is 6.07 Å². The van der Waals surface area contributed by atoms with E-state index in [9.17, 15) is 9.18 Å². The Labute approximate surface area is 74.8 Å². The topological polar surface area (TPSA) is 37.3 Å². The zero-order valence-electron chi connectivity index (χ0n) is 5.25. The number of hydrogen-bond donors (Lipinski definition) is 1. The Hall–Kier alpha value is -0.420. The highest BCUT2D eigenvalue weighted by molar-refractivity contribution is 9.11. The average molecular weight is 239 g/mol.